The predicted molar refractivity (Wildman–Crippen MR) is 154 cm³/mol. The second kappa shape index (κ2) is 12.6. The Hall–Kier alpha value is -4.51. The molecule has 0 saturated carbocycles. The SMILES string of the molecule is NC(=O)c1ccccc1.O=C(N=Nc1c(O)[nH]c2ccc(I)cc12)c1ccc(OCc2ccccc2)cc1. The van der Waals surface area contributed by atoms with Crippen molar-refractivity contribution in [3.05, 3.63) is 123 Å². The molecule has 9 heteroatoms. The van der Waals surface area contributed by atoms with Crippen LogP contribution in [0.15, 0.2) is 113 Å². The monoisotopic (exact) mass is 618 g/mol. The molecule has 190 valence electrons. The first kappa shape index (κ1) is 26.6. The maximum Gasteiger partial charge on any atom is 0.295 e. The zero-order valence-electron chi connectivity index (χ0n) is 20.0. The normalized spacial score (nSPS) is 10.7. The minimum Gasteiger partial charge on any atom is -0.493 e. The van der Waals surface area contributed by atoms with E-state index in [9.17, 15) is 14.7 Å². The van der Waals surface area contributed by atoms with Gasteiger partial charge in [0.1, 0.15) is 12.4 Å². The lowest BCUT2D eigenvalue weighted by Gasteiger charge is -2.06. The zero-order valence-corrected chi connectivity index (χ0v) is 22.2. The van der Waals surface area contributed by atoms with Gasteiger partial charge in [-0.05, 0) is 82.8 Å². The largest absolute Gasteiger partial charge is 0.493 e. The molecule has 0 atom stereocenters. The molecule has 4 aromatic carbocycles. The van der Waals surface area contributed by atoms with E-state index in [0.717, 1.165) is 14.7 Å². The summed E-state index contributed by atoms with van der Waals surface area (Å²) in [6.45, 7) is 0.451. The number of halogens is 1. The number of aromatic hydroxyl groups is 1. The third-order valence-corrected chi connectivity index (χ3v) is 6.03. The van der Waals surface area contributed by atoms with E-state index in [-0.39, 0.29) is 17.5 Å². The number of primary amides is 1. The van der Waals surface area contributed by atoms with Gasteiger partial charge in [0.05, 0.1) is 5.52 Å². The lowest BCUT2D eigenvalue weighted by atomic mass is 10.2. The molecule has 5 rings (SSSR count). The van der Waals surface area contributed by atoms with Gasteiger partial charge < -0.3 is 20.6 Å². The van der Waals surface area contributed by atoms with Gasteiger partial charge in [-0.1, -0.05) is 48.5 Å². The Morgan fingerprint density at radius 3 is 2.16 bits per heavy atom. The van der Waals surface area contributed by atoms with E-state index in [1.54, 1.807) is 48.5 Å². The number of hydrogen-bond donors (Lipinski definition) is 3. The number of hydrogen-bond acceptors (Lipinski definition) is 5. The van der Waals surface area contributed by atoms with E-state index in [1.165, 1.54) is 0 Å². The van der Waals surface area contributed by atoms with Gasteiger partial charge in [0.25, 0.3) is 5.91 Å². The van der Waals surface area contributed by atoms with E-state index in [1.807, 2.05) is 54.6 Å². The molecule has 1 aromatic heterocycles. The molecule has 0 radical (unpaired) electrons. The Bertz CT molecular complexity index is 1570. The highest BCUT2D eigenvalue weighted by Gasteiger charge is 2.12. The number of nitrogens with one attached hydrogen (secondary N) is 1. The minimum atomic E-state index is -0.501. The van der Waals surface area contributed by atoms with E-state index < -0.39 is 5.91 Å². The number of aromatic amines is 1. The second-order valence-corrected chi connectivity index (χ2v) is 9.29. The smallest absolute Gasteiger partial charge is 0.295 e. The van der Waals surface area contributed by atoms with Crippen molar-refractivity contribution in [1.29, 1.82) is 0 Å². The van der Waals surface area contributed by atoms with Gasteiger partial charge in [0.2, 0.25) is 11.8 Å². The highest BCUT2D eigenvalue weighted by Crippen LogP contribution is 2.36. The fourth-order valence-corrected chi connectivity index (χ4v) is 3.92. The topological polar surface area (TPSA) is 130 Å². The molecule has 1 heterocycles. The molecular weight excluding hydrogens is 595 g/mol. The number of benzene rings is 4. The number of rotatable bonds is 6. The number of ether oxygens (including phenoxy) is 1. The first-order valence-electron chi connectivity index (χ1n) is 11.5. The number of amides is 2. The zero-order chi connectivity index (χ0) is 26.9. The molecule has 0 saturated heterocycles. The number of nitrogens with two attached hydrogens (primary N) is 1. The van der Waals surface area contributed by atoms with Crippen molar-refractivity contribution < 1.29 is 19.4 Å². The van der Waals surface area contributed by atoms with Gasteiger partial charge >= 0.3 is 0 Å². The van der Waals surface area contributed by atoms with Crippen LogP contribution in [0.1, 0.15) is 26.3 Å². The van der Waals surface area contributed by atoms with Gasteiger partial charge in [-0.2, -0.15) is 0 Å². The van der Waals surface area contributed by atoms with Gasteiger partial charge in [-0.25, -0.2) is 0 Å². The van der Waals surface area contributed by atoms with Crippen molar-refractivity contribution in [2.24, 2.45) is 16.0 Å². The molecule has 8 nitrogen and oxygen atoms in total. The summed E-state index contributed by atoms with van der Waals surface area (Å²) in [6.07, 6.45) is 0. The van der Waals surface area contributed by atoms with Crippen molar-refractivity contribution in [3.63, 3.8) is 0 Å². The molecule has 0 aliphatic heterocycles. The Kier molecular flexibility index (Phi) is 8.83. The van der Waals surface area contributed by atoms with Crippen LogP contribution >= 0.6 is 22.6 Å². The number of nitrogens with zero attached hydrogens (tertiary/aromatic N) is 2. The standard InChI is InChI=1S/C22H16IN3O3.C7H7NO/c23-16-8-11-19-18(12-16)20(22(28)24-19)25-26-21(27)15-6-9-17(10-7-15)29-13-14-4-2-1-3-5-14;8-7(9)6-4-2-1-3-5-6/h1-12,24,28H,13H2;1-5H,(H2,8,9). The Morgan fingerprint density at radius 1 is 0.868 bits per heavy atom. The maximum atomic E-state index is 12.4. The van der Waals surface area contributed by atoms with Crippen LogP contribution in [0.4, 0.5) is 5.69 Å². The molecule has 0 unspecified atom stereocenters. The third kappa shape index (κ3) is 7.04. The van der Waals surface area contributed by atoms with Crippen LogP contribution in [0.3, 0.4) is 0 Å². The average molecular weight is 618 g/mol. The summed E-state index contributed by atoms with van der Waals surface area (Å²) in [7, 11) is 0. The van der Waals surface area contributed by atoms with E-state index in [0.29, 0.717) is 28.9 Å². The first-order valence-corrected chi connectivity index (χ1v) is 12.6. The van der Waals surface area contributed by atoms with E-state index >= 15 is 0 Å². The molecule has 0 aliphatic rings. The predicted octanol–water partition coefficient (Wildman–Crippen LogP) is 6.77. The minimum absolute atomic E-state index is 0.122. The van der Waals surface area contributed by atoms with Crippen molar-refractivity contribution in [2.45, 2.75) is 6.61 Å². The number of aromatic nitrogens is 1. The molecule has 5 aromatic rings. The highest BCUT2D eigenvalue weighted by atomic mass is 127. The van der Waals surface area contributed by atoms with Gasteiger partial charge in [0, 0.05) is 20.1 Å². The molecule has 4 N–H and O–H groups in total. The van der Waals surface area contributed by atoms with Crippen molar-refractivity contribution in [3.8, 4) is 11.6 Å². The van der Waals surface area contributed by atoms with Crippen LogP contribution in [0.25, 0.3) is 10.9 Å². The maximum absolute atomic E-state index is 12.4. The van der Waals surface area contributed by atoms with Gasteiger partial charge in [0.15, 0.2) is 5.69 Å². The number of fused-ring (bicyclic) bond motifs is 1. The summed E-state index contributed by atoms with van der Waals surface area (Å²) in [4.78, 5) is 25.6. The van der Waals surface area contributed by atoms with Crippen molar-refractivity contribution >= 4 is 51.0 Å². The lowest BCUT2D eigenvalue weighted by molar-refractivity contribution is 0.0989. The number of H-pyrrole nitrogens is 1. The van der Waals surface area contributed by atoms with Gasteiger partial charge in [-0.3, -0.25) is 9.59 Å². The average Bonchev–Trinajstić information content (AvgIpc) is 3.26. The molecule has 0 fully saturated rings. The third-order valence-electron chi connectivity index (χ3n) is 5.36. The number of azo groups is 1. The van der Waals surface area contributed by atoms with Crippen LogP contribution in [-0.4, -0.2) is 21.9 Å². The first-order chi connectivity index (χ1) is 18.4. The molecule has 0 bridgehead atoms. The van der Waals surface area contributed by atoms with Gasteiger partial charge in [-0.15, -0.1) is 10.2 Å². The summed E-state index contributed by atoms with van der Waals surface area (Å²) in [6, 6.07) is 30.9. The number of carbonyl (C=O) groups excluding carboxylic acids is 2. The number of carbonyl (C=O) groups is 2. The summed E-state index contributed by atoms with van der Waals surface area (Å²) in [5, 5.41) is 18.5. The van der Waals surface area contributed by atoms with E-state index in [4.69, 9.17) is 10.5 Å². The molecule has 0 spiro atoms. The van der Waals surface area contributed by atoms with Crippen molar-refractivity contribution in [2.75, 3.05) is 0 Å². The Morgan fingerprint density at radius 2 is 1.53 bits per heavy atom. The molecule has 0 aliphatic carbocycles. The fraction of sp³-hybridized carbons (Fsp3) is 0.0345. The van der Waals surface area contributed by atoms with Crippen LogP contribution in [0.2, 0.25) is 0 Å². The Labute approximate surface area is 232 Å². The second-order valence-electron chi connectivity index (χ2n) is 8.05. The van der Waals surface area contributed by atoms with Crippen molar-refractivity contribution in [1.82, 2.24) is 4.98 Å². The molecule has 38 heavy (non-hydrogen) atoms. The highest BCUT2D eigenvalue weighted by molar-refractivity contribution is 14.1. The molecular formula is C29H23IN4O4. The lowest BCUT2D eigenvalue weighted by Crippen LogP contribution is -2.09. The van der Waals surface area contributed by atoms with E-state index in [2.05, 4.69) is 37.8 Å². The Balaban J connectivity index is 0.000000317. The van der Waals surface area contributed by atoms with Crippen LogP contribution < -0.4 is 10.5 Å². The summed E-state index contributed by atoms with van der Waals surface area (Å²) >= 11 is 2.17. The van der Waals surface area contributed by atoms with Crippen LogP contribution in [0, 0.1) is 3.57 Å². The quantitative estimate of drug-likeness (QED) is 0.143. The summed E-state index contributed by atoms with van der Waals surface area (Å²) < 4.78 is 6.71. The van der Waals surface area contributed by atoms with Crippen LogP contribution in [0.5, 0.6) is 11.6 Å². The summed E-state index contributed by atoms with van der Waals surface area (Å²) in [5.74, 6) is -0.344. The summed E-state index contributed by atoms with van der Waals surface area (Å²) in [5.41, 5.74) is 7.95. The van der Waals surface area contributed by atoms with Crippen LogP contribution in [-0.2, 0) is 6.61 Å². The molecule has 2 amide bonds. The fourth-order valence-electron chi connectivity index (χ4n) is 3.43.